The highest BCUT2D eigenvalue weighted by Gasteiger charge is 2.26. The number of nitrogens with one attached hydrogen (secondary N) is 2. The molecule has 170 valence electrons. The van der Waals surface area contributed by atoms with Gasteiger partial charge < -0.3 is 24.7 Å². The van der Waals surface area contributed by atoms with Gasteiger partial charge in [-0.05, 0) is 38.3 Å². The predicted octanol–water partition coefficient (Wildman–Crippen LogP) is 3.86. The Balaban J connectivity index is 2.05. The largest absolute Gasteiger partial charge is 0.464 e. The van der Waals surface area contributed by atoms with Crippen molar-refractivity contribution in [1.29, 1.82) is 0 Å². The molecule has 0 aliphatic heterocycles. The van der Waals surface area contributed by atoms with E-state index >= 15 is 0 Å². The van der Waals surface area contributed by atoms with E-state index in [4.69, 9.17) is 9.47 Å². The molecule has 1 amide bonds. The van der Waals surface area contributed by atoms with Gasteiger partial charge in [0.05, 0.1) is 24.7 Å². The average molecular weight is 439 g/mol. The topological polar surface area (TPSA) is 94.5 Å². The highest BCUT2D eigenvalue weighted by atomic mass is 16.5. The minimum atomic E-state index is -0.534. The Morgan fingerprint density at radius 3 is 2.56 bits per heavy atom. The smallest absolute Gasteiger partial charge is 0.356 e. The van der Waals surface area contributed by atoms with Crippen LogP contribution in [0.2, 0.25) is 0 Å². The molecule has 1 aromatic carbocycles. The molecule has 0 spiro atoms. The average Bonchev–Trinajstić information content (AvgIpc) is 3.06. The molecule has 0 unspecified atom stereocenters. The van der Waals surface area contributed by atoms with Crippen molar-refractivity contribution >= 4 is 34.3 Å². The van der Waals surface area contributed by atoms with E-state index in [1.54, 1.807) is 6.20 Å². The Hall–Kier alpha value is -3.39. The van der Waals surface area contributed by atoms with Crippen LogP contribution < -0.4 is 10.6 Å². The Morgan fingerprint density at radius 2 is 1.91 bits per heavy atom. The molecule has 3 aromatic rings. The summed E-state index contributed by atoms with van der Waals surface area (Å²) in [5.74, 6) is -0.892. The molecule has 0 saturated heterocycles. The third-order valence-corrected chi connectivity index (χ3v) is 4.96. The summed E-state index contributed by atoms with van der Waals surface area (Å²) in [4.78, 5) is 29.8. The van der Waals surface area contributed by atoms with Crippen molar-refractivity contribution in [2.75, 3.05) is 31.5 Å². The zero-order valence-corrected chi connectivity index (χ0v) is 19.0. The number of hydrogen-bond acceptors (Lipinski definition) is 6. The summed E-state index contributed by atoms with van der Waals surface area (Å²) in [6.07, 6.45) is 3.37. The van der Waals surface area contributed by atoms with Crippen LogP contribution in [0.1, 0.15) is 36.3 Å². The van der Waals surface area contributed by atoms with Crippen LogP contribution in [0.15, 0.2) is 42.6 Å². The maximum atomic E-state index is 12.8. The van der Waals surface area contributed by atoms with Gasteiger partial charge in [-0.3, -0.25) is 4.79 Å². The molecule has 8 nitrogen and oxygen atoms in total. The van der Waals surface area contributed by atoms with Crippen molar-refractivity contribution in [3.63, 3.8) is 0 Å². The van der Waals surface area contributed by atoms with Gasteiger partial charge in [-0.2, -0.15) is 0 Å². The molecule has 2 aromatic heterocycles. The Labute approximate surface area is 187 Å². The Kier molecular flexibility index (Phi) is 7.83. The third kappa shape index (κ3) is 5.45. The van der Waals surface area contributed by atoms with Gasteiger partial charge in [-0.15, -0.1) is 0 Å². The van der Waals surface area contributed by atoms with Crippen molar-refractivity contribution in [1.82, 2.24) is 9.55 Å². The van der Waals surface area contributed by atoms with E-state index in [0.29, 0.717) is 23.3 Å². The number of carbonyl (C=O) groups is 2. The van der Waals surface area contributed by atoms with Crippen LogP contribution in [0, 0.1) is 0 Å². The first-order chi connectivity index (χ1) is 15.4. The number of methoxy groups -OCH3 is 2. The van der Waals surface area contributed by atoms with E-state index in [1.807, 2.05) is 42.7 Å². The molecule has 0 fully saturated rings. The molecule has 32 heavy (non-hydrogen) atoms. The second-order valence-electron chi connectivity index (χ2n) is 7.83. The number of pyridine rings is 1. The predicted molar refractivity (Wildman–Crippen MR) is 125 cm³/mol. The minimum Gasteiger partial charge on any atom is -0.464 e. The maximum absolute atomic E-state index is 12.8. The number of anilines is 2. The lowest BCUT2D eigenvalue weighted by atomic mass is 10.1. The molecule has 0 aliphatic carbocycles. The molecule has 2 heterocycles. The van der Waals surface area contributed by atoms with E-state index in [-0.39, 0.29) is 24.2 Å². The summed E-state index contributed by atoms with van der Waals surface area (Å²) < 4.78 is 11.8. The van der Waals surface area contributed by atoms with Crippen LogP contribution in [-0.4, -0.2) is 48.3 Å². The van der Waals surface area contributed by atoms with Gasteiger partial charge >= 0.3 is 5.97 Å². The van der Waals surface area contributed by atoms with Crippen molar-refractivity contribution in [3.05, 3.63) is 53.9 Å². The molecule has 0 radical (unpaired) electrons. The summed E-state index contributed by atoms with van der Waals surface area (Å²) in [6.45, 7) is 4.47. The van der Waals surface area contributed by atoms with Crippen LogP contribution in [0.3, 0.4) is 0 Å². The normalized spacial score (nSPS) is 11.0. The number of nitrogens with zero attached hydrogens (tertiary/aromatic N) is 2. The summed E-state index contributed by atoms with van der Waals surface area (Å²) in [7, 11) is 2.77. The van der Waals surface area contributed by atoms with Crippen molar-refractivity contribution in [2.45, 2.75) is 39.3 Å². The van der Waals surface area contributed by atoms with Gasteiger partial charge in [0.25, 0.3) is 0 Å². The van der Waals surface area contributed by atoms with Crippen LogP contribution in [0.25, 0.3) is 11.0 Å². The molecule has 0 saturated carbocycles. The lowest BCUT2D eigenvalue weighted by Gasteiger charge is -2.11. The molecule has 0 atom stereocenters. The summed E-state index contributed by atoms with van der Waals surface area (Å²) >= 11 is 0. The number of hydrogen-bond donors (Lipinski definition) is 2. The summed E-state index contributed by atoms with van der Waals surface area (Å²) in [5, 5.41) is 6.81. The van der Waals surface area contributed by atoms with Crippen LogP contribution in [0.5, 0.6) is 0 Å². The number of rotatable bonds is 10. The second kappa shape index (κ2) is 10.8. The molecular weight excluding hydrogens is 408 g/mol. The molecule has 8 heteroatoms. The van der Waals surface area contributed by atoms with Crippen molar-refractivity contribution in [3.8, 4) is 0 Å². The van der Waals surface area contributed by atoms with Gasteiger partial charge in [-0.1, -0.05) is 30.3 Å². The number of esters is 1. The summed E-state index contributed by atoms with van der Waals surface area (Å²) in [6, 6.07) is 12.3. The van der Waals surface area contributed by atoms with Crippen molar-refractivity contribution < 1.29 is 19.1 Å². The highest BCUT2D eigenvalue weighted by molar-refractivity contribution is 6.11. The molecule has 0 bridgehead atoms. The lowest BCUT2D eigenvalue weighted by molar-refractivity contribution is -0.119. The monoisotopic (exact) mass is 438 g/mol. The minimum absolute atomic E-state index is 0.126. The highest BCUT2D eigenvalue weighted by Crippen LogP contribution is 2.33. The fourth-order valence-corrected chi connectivity index (χ4v) is 3.68. The van der Waals surface area contributed by atoms with E-state index < -0.39 is 5.97 Å². The van der Waals surface area contributed by atoms with Crippen LogP contribution in [-0.2, 0) is 27.2 Å². The molecule has 2 N–H and O–H groups in total. The fraction of sp³-hybridized carbons (Fsp3) is 0.375. The van der Waals surface area contributed by atoms with E-state index in [1.165, 1.54) is 19.8 Å². The third-order valence-electron chi connectivity index (χ3n) is 4.96. The van der Waals surface area contributed by atoms with Gasteiger partial charge in [0.2, 0.25) is 5.91 Å². The zero-order valence-electron chi connectivity index (χ0n) is 19.0. The molecule has 3 rings (SSSR count). The van der Waals surface area contributed by atoms with E-state index in [0.717, 1.165) is 18.5 Å². The van der Waals surface area contributed by atoms with Crippen LogP contribution >= 0.6 is 0 Å². The number of aromatic nitrogens is 2. The van der Waals surface area contributed by atoms with E-state index in [9.17, 15) is 9.59 Å². The number of carbonyl (C=O) groups excluding carboxylic acids is 2. The Bertz CT molecular complexity index is 1080. The van der Waals surface area contributed by atoms with Crippen LogP contribution in [0.4, 0.5) is 11.4 Å². The first-order valence-corrected chi connectivity index (χ1v) is 10.6. The second-order valence-corrected chi connectivity index (χ2v) is 7.83. The standard InChI is InChI=1S/C24H30N4O4/c1-16(2)26-18-13-19-21(27-20(29)15-31-3)22(24(30)32-4)28(23(19)25-14-18)12-8-11-17-9-6-5-7-10-17/h5-7,9-10,13-14,16,26H,8,11-12,15H2,1-4H3,(H,27,29). The summed E-state index contributed by atoms with van der Waals surface area (Å²) in [5.41, 5.74) is 3.28. The first kappa shape index (κ1) is 23.3. The number of amides is 1. The zero-order chi connectivity index (χ0) is 23.1. The Morgan fingerprint density at radius 1 is 1.16 bits per heavy atom. The van der Waals surface area contributed by atoms with Gasteiger partial charge in [0.1, 0.15) is 12.3 Å². The fourth-order valence-electron chi connectivity index (χ4n) is 3.68. The maximum Gasteiger partial charge on any atom is 0.356 e. The lowest BCUT2D eigenvalue weighted by Crippen LogP contribution is -2.20. The number of aryl methyl sites for hydroxylation is 2. The molecular formula is C24H30N4O4. The number of ether oxygens (including phenoxy) is 2. The SMILES string of the molecule is COCC(=O)Nc1c(C(=O)OC)n(CCCc2ccccc2)c2ncc(NC(C)C)cc12. The first-order valence-electron chi connectivity index (χ1n) is 10.6. The van der Waals surface area contributed by atoms with Crippen molar-refractivity contribution in [2.24, 2.45) is 0 Å². The number of benzene rings is 1. The van der Waals surface area contributed by atoms with Gasteiger partial charge in [0, 0.05) is 25.1 Å². The van der Waals surface area contributed by atoms with E-state index in [2.05, 4.69) is 27.8 Å². The molecule has 0 aliphatic rings. The van der Waals surface area contributed by atoms with Gasteiger partial charge in [-0.25, -0.2) is 9.78 Å². The number of fused-ring (bicyclic) bond motifs is 1. The van der Waals surface area contributed by atoms with Gasteiger partial charge in [0.15, 0.2) is 5.69 Å². The quantitative estimate of drug-likeness (QED) is 0.467.